The van der Waals surface area contributed by atoms with Gasteiger partial charge in [-0.2, -0.15) is 5.10 Å². The average Bonchev–Trinajstić information content (AvgIpc) is 3.37. The van der Waals surface area contributed by atoms with Crippen LogP contribution < -0.4 is 11.4 Å². The van der Waals surface area contributed by atoms with Crippen LogP contribution in [0.2, 0.25) is 0 Å². The van der Waals surface area contributed by atoms with Crippen LogP contribution >= 0.6 is 0 Å². The van der Waals surface area contributed by atoms with Gasteiger partial charge in [-0.15, -0.1) is 0 Å². The van der Waals surface area contributed by atoms with E-state index in [0.717, 1.165) is 22.3 Å². The molecule has 166 valence electrons. The van der Waals surface area contributed by atoms with Crippen molar-refractivity contribution in [3.63, 3.8) is 0 Å². The SMILES string of the molecule is Cn1c(=O)n([C@H]2CC[C@H](C(N)=O)CC2)c2c3nc(-c4cnn(CCO)c4)ccc3ncc21. The maximum absolute atomic E-state index is 13.2. The number of nitrogens with zero attached hydrogens (tertiary/aromatic N) is 6. The van der Waals surface area contributed by atoms with Gasteiger partial charge in [-0.3, -0.25) is 23.6 Å². The number of carbonyl (C=O) groups excluding carboxylic acids is 1. The molecule has 5 rings (SSSR count). The van der Waals surface area contributed by atoms with Gasteiger partial charge in [-0.25, -0.2) is 9.78 Å². The molecule has 1 fully saturated rings. The molecule has 0 aromatic carbocycles. The second-order valence-electron chi connectivity index (χ2n) is 8.39. The van der Waals surface area contributed by atoms with Crippen LogP contribution in [0.5, 0.6) is 0 Å². The molecule has 1 saturated carbocycles. The lowest BCUT2D eigenvalue weighted by Crippen LogP contribution is -2.32. The Bertz CT molecular complexity index is 1380. The highest BCUT2D eigenvalue weighted by Crippen LogP contribution is 2.35. The fourth-order valence-electron chi connectivity index (χ4n) is 4.73. The van der Waals surface area contributed by atoms with Gasteiger partial charge in [0.2, 0.25) is 5.91 Å². The number of nitrogens with two attached hydrogens (primary N) is 1. The first-order valence-electron chi connectivity index (χ1n) is 10.8. The van der Waals surface area contributed by atoms with Crippen molar-refractivity contribution >= 4 is 28.0 Å². The fraction of sp³-hybridized carbons (Fsp3) is 0.409. The lowest BCUT2D eigenvalue weighted by Gasteiger charge is -2.27. The van der Waals surface area contributed by atoms with E-state index in [2.05, 4.69) is 10.1 Å². The minimum Gasteiger partial charge on any atom is -0.394 e. The standard InChI is InChI=1S/C22H25N7O3/c1-27-18-11-24-17-7-6-16(14-10-25-28(12-14)8-9-30)26-19(17)20(18)29(22(27)32)15-4-2-13(3-5-15)21(23)31/h6-7,10-13,15,30H,2-5,8-9H2,1H3,(H2,23,31)/t13-,15-. The van der Waals surface area contributed by atoms with Crippen LogP contribution in [0.3, 0.4) is 0 Å². The number of aromatic nitrogens is 6. The van der Waals surface area contributed by atoms with Crippen LogP contribution in [0.15, 0.2) is 35.5 Å². The molecule has 4 heterocycles. The van der Waals surface area contributed by atoms with Gasteiger partial charge in [0.25, 0.3) is 0 Å². The highest BCUT2D eigenvalue weighted by Gasteiger charge is 2.29. The van der Waals surface area contributed by atoms with Gasteiger partial charge in [-0.05, 0) is 37.8 Å². The Labute approximate surface area is 183 Å². The number of carbonyl (C=O) groups is 1. The molecule has 10 heteroatoms. The number of hydrogen-bond donors (Lipinski definition) is 2. The van der Waals surface area contributed by atoms with E-state index in [9.17, 15) is 9.59 Å². The van der Waals surface area contributed by atoms with E-state index in [4.69, 9.17) is 15.8 Å². The van der Waals surface area contributed by atoms with Crippen molar-refractivity contribution in [2.75, 3.05) is 6.61 Å². The van der Waals surface area contributed by atoms with Crippen molar-refractivity contribution in [1.82, 2.24) is 28.9 Å². The summed E-state index contributed by atoms with van der Waals surface area (Å²) in [6.45, 7) is 0.413. The largest absolute Gasteiger partial charge is 0.394 e. The number of aryl methyl sites for hydroxylation is 1. The summed E-state index contributed by atoms with van der Waals surface area (Å²) in [5.74, 6) is -0.396. The normalized spacial score (nSPS) is 19.1. The summed E-state index contributed by atoms with van der Waals surface area (Å²) in [5, 5.41) is 13.4. The Kier molecular flexibility index (Phi) is 5.01. The molecule has 0 unspecified atom stereocenters. The van der Waals surface area contributed by atoms with Crippen LogP contribution in [0.1, 0.15) is 31.7 Å². The average molecular weight is 435 g/mol. The quantitative estimate of drug-likeness (QED) is 0.486. The number of imidazole rings is 1. The predicted octanol–water partition coefficient (Wildman–Crippen LogP) is 1.36. The van der Waals surface area contributed by atoms with Crippen molar-refractivity contribution in [3.05, 3.63) is 41.2 Å². The Hall–Kier alpha value is -3.53. The van der Waals surface area contributed by atoms with Crippen LogP contribution in [0.25, 0.3) is 33.3 Å². The molecule has 1 aliphatic carbocycles. The van der Waals surface area contributed by atoms with Crippen molar-refractivity contribution in [3.8, 4) is 11.3 Å². The van der Waals surface area contributed by atoms with Crippen molar-refractivity contribution in [2.24, 2.45) is 18.7 Å². The first kappa shape index (κ1) is 20.4. The number of rotatable bonds is 5. The fourth-order valence-corrected chi connectivity index (χ4v) is 4.73. The summed E-state index contributed by atoms with van der Waals surface area (Å²) in [6.07, 6.45) is 8.03. The highest BCUT2D eigenvalue weighted by atomic mass is 16.3. The third kappa shape index (κ3) is 3.27. The highest BCUT2D eigenvalue weighted by molar-refractivity contribution is 6.00. The van der Waals surface area contributed by atoms with E-state index in [0.29, 0.717) is 43.3 Å². The van der Waals surface area contributed by atoms with Crippen LogP contribution in [-0.2, 0) is 18.4 Å². The molecule has 1 amide bonds. The van der Waals surface area contributed by atoms with E-state index >= 15 is 0 Å². The lowest BCUT2D eigenvalue weighted by molar-refractivity contribution is -0.122. The van der Waals surface area contributed by atoms with Gasteiger partial charge in [-0.1, -0.05) is 0 Å². The summed E-state index contributed by atoms with van der Waals surface area (Å²) in [7, 11) is 1.74. The van der Waals surface area contributed by atoms with E-state index < -0.39 is 0 Å². The summed E-state index contributed by atoms with van der Waals surface area (Å²) in [6, 6.07) is 3.75. The molecular formula is C22H25N7O3. The Morgan fingerprint density at radius 1 is 1.22 bits per heavy atom. The minimum absolute atomic E-state index is 0.00506. The molecular weight excluding hydrogens is 410 g/mol. The molecule has 0 atom stereocenters. The maximum atomic E-state index is 13.2. The number of pyridine rings is 2. The first-order chi connectivity index (χ1) is 15.5. The smallest absolute Gasteiger partial charge is 0.329 e. The zero-order chi connectivity index (χ0) is 22.4. The molecule has 1 aliphatic rings. The van der Waals surface area contributed by atoms with E-state index in [1.807, 2.05) is 22.9 Å². The molecule has 0 saturated heterocycles. The predicted molar refractivity (Wildman–Crippen MR) is 119 cm³/mol. The third-order valence-electron chi connectivity index (χ3n) is 6.48. The van der Waals surface area contributed by atoms with Gasteiger partial charge in [0.15, 0.2) is 0 Å². The summed E-state index contributed by atoms with van der Waals surface area (Å²) in [4.78, 5) is 34.2. The third-order valence-corrected chi connectivity index (χ3v) is 6.48. The summed E-state index contributed by atoms with van der Waals surface area (Å²) in [5.41, 5.74) is 9.76. The van der Waals surface area contributed by atoms with Gasteiger partial charge >= 0.3 is 5.69 Å². The van der Waals surface area contributed by atoms with Gasteiger partial charge in [0.05, 0.1) is 47.8 Å². The molecule has 3 N–H and O–H groups in total. The van der Waals surface area contributed by atoms with Crippen molar-refractivity contribution in [2.45, 2.75) is 38.3 Å². The van der Waals surface area contributed by atoms with Gasteiger partial charge in [0.1, 0.15) is 5.52 Å². The number of amides is 1. The summed E-state index contributed by atoms with van der Waals surface area (Å²) < 4.78 is 5.09. The number of primary amides is 1. The number of hydrogen-bond acceptors (Lipinski definition) is 6. The second-order valence-corrected chi connectivity index (χ2v) is 8.39. The molecule has 0 radical (unpaired) electrons. The number of fused-ring (bicyclic) bond motifs is 3. The van der Waals surface area contributed by atoms with E-state index in [1.54, 1.807) is 28.7 Å². The minimum atomic E-state index is -0.267. The van der Waals surface area contributed by atoms with Crippen molar-refractivity contribution in [1.29, 1.82) is 0 Å². The Balaban J connectivity index is 1.65. The van der Waals surface area contributed by atoms with Crippen LogP contribution in [0.4, 0.5) is 0 Å². The number of aliphatic hydroxyl groups excluding tert-OH is 1. The molecule has 10 nitrogen and oxygen atoms in total. The number of aliphatic hydroxyl groups is 1. The lowest BCUT2D eigenvalue weighted by atomic mass is 9.85. The van der Waals surface area contributed by atoms with E-state index in [-0.39, 0.29) is 30.2 Å². The molecule has 0 spiro atoms. The molecule has 32 heavy (non-hydrogen) atoms. The van der Waals surface area contributed by atoms with Crippen molar-refractivity contribution < 1.29 is 9.90 Å². The second kappa shape index (κ2) is 7.86. The molecule has 4 aromatic heterocycles. The molecule has 4 aromatic rings. The monoisotopic (exact) mass is 435 g/mol. The zero-order valence-corrected chi connectivity index (χ0v) is 17.8. The zero-order valence-electron chi connectivity index (χ0n) is 17.8. The maximum Gasteiger partial charge on any atom is 0.329 e. The van der Waals surface area contributed by atoms with Crippen LogP contribution in [0, 0.1) is 5.92 Å². The Morgan fingerprint density at radius 2 is 2.00 bits per heavy atom. The molecule has 0 aliphatic heterocycles. The topological polar surface area (TPSA) is 134 Å². The van der Waals surface area contributed by atoms with E-state index in [1.165, 1.54) is 0 Å². The summed E-state index contributed by atoms with van der Waals surface area (Å²) >= 11 is 0. The first-order valence-corrected chi connectivity index (χ1v) is 10.8. The van der Waals surface area contributed by atoms with Gasteiger partial charge in [0, 0.05) is 30.8 Å². The molecule has 0 bridgehead atoms. The van der Waals surface area contributed by atoms with Gasteiger partial charge < -0.3 is 10.8 Å². The Morgan fingerprint density at radius 3 is 2.72 bits per heavy atom. The van der Waals surface area contributed by atoms with Crippen LogP contribution in [-0.4, -0.2) is 46.5 Å².